The lowest BCUT2D eigenvalue weighted by Gasteiger charge is -2.38. The molecule has 1 saturated carbocycles. The summed E-state index contributed by atoms with van der Waals surface area (Å²) in [6, 6.07) is -0.166. The van der Waals surface area contributed by atoms with Gasteiger partial charge >= 0.3 is 12.0 Å². The molecule has 2 rings (SSSR count). The molecule has 2 aliphatic rings. The Kier molecular flexibility index (Phi) is 4.42. The fraction of sp³-hybridized carbons (Fsp3) is 0.692. The minimum absolute atomic E-state index is 0.0711. The summed E-state index contributed by atoms with van der Waals surface area (Å²) >= 11 is 0. The van der Waals surface area contributed by atoms with E-state index in [1.807, 2.05) is 0 Å². The van der Waals surface area contributed by atoms with Crippen LogP contribution in [0.3, 0.4) is 0 Å². The Bertz CT molecular complexity index is 368. The molecule has 106 valence electrons. The van der Waals surface area contributed by atoms with Crippen molar-refractivity contribution in [1.29, 1.82) is 0 Å². The Morgan fingerprint density at radius 3 is 2.79 bits per heavy atom. The molecular formula is C13H20N2O4. The van der Waals surface area contributed by atoms with Crippen LogP contribution >= 0.6 is 0 Å². The van der Waals surface area contributed by atoms with Gasteiger partial charge in [-0.05, 0) is 12.8 Å². The largest absolute Gasteiger partial charge is 0.481 e. The third-order valence-electron chi connectivity index (χ3n) is 3.44. The second-order valence-electron chi connectivity index (χ2n) is 4.97. The summed E-state index contributed by atoms with van der Waals surface area (Å²) in [5, 5.41) is 8.91. The van der Waals surface area contributed by atoms with Crippen molar-refractivity contribution >= 4 is 12.0 Å². The standard InChI is InChI=1S/C13H20N2O4/c1-2-5-14(10-3-4-10)13(18)15-6-7-19-9-11(15)8-12(16)17/h2,10-11H,1,3-9H2,(H,16,17). The predicted octanol–water partition coefficient (Wildman–Crippen LogP) is 0.932. The fourth-order valence-electron chi connectivity index (χ4n) is 2.35. The zero-order chi connectivity index (χ0) is 13.8. The van der Waals surface area contributed by atoms with Gasteiger partial charge in [0.15, 0.2) is 0 Å². The van der Waals surface area contributed by atoms with E-state index in [1.165, 1.54) is 0 Å². The zero-order valence-corrected chi connectivity index (χ0v) is 11.0. The van der Waals surface area contributed by atoms with Crippen molar-refractivity contribution in [3.63, 3.8) is 0 Å². The maximum Gasteiger partial charge on any atom is 0.320 e. The van der Waals surface area contributed by atoms with Gasteiger partial charge in [0.1, 0.15) is 0 Å². The molecule has 0 aromatic carbocycles. The van der Waals surface area contributed by atoms with E-state index < -0.39 is 5.97 Å². The number of rotatable bonds is 5. The fourth-order valence-corrected chi connectivity index (χ4v) is 2.35. The van der Waals surface area contributed by atoms with Crippen molar-refractivity contribution in [3.8, 4) is 0 Å². The third-order valence-corrected chi connectivity index (χ3v) is 3.44. The molecule has 2 fully saturated rings. The number of carbonyl (C=O) groups excluding carboxylic acids is 1. The Labute approximate surface area is 112 Å². The van der Waals surface area contributed by atoms with Gasteiger partial charge in [-0.25, -0.2) is 4.79 Å². The van der Waals surface area contributed by atoms with Crippen LogP contribution in [0.5, 0.6) is 0 Å². The zero-order valence-electron chi connectivity index (χ0n) is 11.0. The van der Waals surface area contributed by atoms with E-state index in [4.69, 9.17) is 9.84 Å². The molecule has 2 amide bonds. The molecule has 1 aliphatic carbocycles. The normalized spacial score (nSPS) is 22.9. The molecule has 1 heterocycles. The summed E-state index contributed by atoms with van der Waals surface area (Å²) in [4.78, 5) is 26.8. The second kappa shape index (κ2) is 6.06. The SMILES string of the molecule is C=CCN(C(=O)N1CCOCC1CC(=O)O)C1CC1. The van der Waals surface area contributed by atoms with E-state index in [0.717, 1.165) is 12.8 Å². The monoisotopic (exact) mass is 268 g/mol. The highest BCUT2D eigenvalue weighted by atomic mass is 16.5. The predicted molar refractivity (Wildman–Crippen MR) is 68.9 cm³/mol. The number of amides is 2. The number of ether oxygens (including phenoxy) is 1. The molecular weight excluding hydrogens is 248 g/mol. The summed E-state index contributed by atoms with van der Waals surface area (Å²) in [5.74, 6) is -0.907. The topological polar surface area (TPSA) is 70.1 Å². The number of morpholine rings is 1. The number of carboxylic acid groups (broad SMARTS) is 1. The van der Waals surface area contributed by atoms with Crippen molar-refractivity contribution in [2.45, 2.75) is 31.3 Å². The van der Waals surface area contributed by atoms with Gasteiger partial charge in [-0.1, -0.05) is 6.08 Å². The molecule has 0 aromatic rings. The van der Waals surface area contributed by atoms with Crippen LogP contribution in [0, 0.1) is 0 Å². The van der Waals surface area contributed by atoms with Crippen LogP contribution in [0.1, 0.15) is 19.3 Å². The average molecular weight is 268 g/mol. The van der Waals surface area contributed by atoms with E-state index in [1.54, 1.807) is 15.9 Å². The molecule has 19 heavy (non-hydrogen) atoms. The molecule has 0 radical (unpaired) electrons. The quantitative estimate of drug-likeness (QED) is 0.753. The first-order chi connectivity index (χ1) is 9.13. The first kappa shape index (κ1) is 13.9. The van der Waals surface area contributed by atoms with Crippen LogP contribution in [0.2, 0.25) is 0 Å². The van der Waals surface area contributed by atoms with E-state index in [2.05, 4.69) is 6.58 Å². The van der Waals surface area contributed by atoms with Gasteiger partial charge in [0, 0.05) is 19.1 Å². The highest BCUT2D eigenvalue weighted by Crippen LogP contribution is 2.28. The second-order valence-corrected chi connectivity index (χ2v) is 4.97. The summed E-state index contributed by atoms with van der Waals surface area (Å²) in [6.45, 7) is 5.41. The molecule has 0 aromatic heterocycles. The maximum absolute atomic E-state index is 12.5. The van der Waals surface area contributed by atoms with Gasteiger partial charge in [0.05, 0.1) is 25.7 Å². The summed E-state index contributed by atoms with van der Waals surface area (Å²) in [5.41, 5.74) is 0. The van der Waals surface area contributed by atoms with Gasteiger partial charge in [0.2, 0.25) is 0 Å². The average Bonchev–Trinajstić information content (AvgIpc) is 3.19. The Morgan fingerprint density at radius 1 is 1.47 bits per heavy atom. The maximum atomic E-state index is 12.5. The Hall–Kier alpha value is -1.56. The lowest BCUT2D eigenvalue weighted by molar-refractivity contribution is -0.139. The van der Waals surface area contributed by atoms with Crippen LogP contribution in [0.25, 0.3) is 0 Å². The molecule has 1 atom stereocenters. The van der Waals surface area contributed by atoms with Gasteiger partial charge in [-0.15, -0.1) is 6.58 Å². The molecule has 1 unspecified atom stereocenters. The molecule has 6 heteroatoms. The van der Waals surface area contributed by atoms with Gasteiger partial charge < -0.3 is 19.6 Å². The lowest BCUT2D eigenvalue weighted by Crippen LogP contribution is -2.54. The molecule has 0 bridgehead atoms. The highest BCUT2D eigenvalue weighted by Gasteiger charge is 2.37. The van der Waals surface area contributed by atoms with Crippen molar-refractivity contribution in [1.82, 2.24) is 9.80 Å². The van der Waals surface area contributed by atoms with Crippen LogP contribution in [-0.4, -0.2) is 65.3 Å². The van der Waals surface area contributed by atoms with Crippen molar-refractivity contribution < 1.29 is 19.4 Å². The minimum atomic E-state index is -0.907. The summed E-state index contributed by atoms with van der Waals surface area (Å²) in [7, 11) is 0. The molecule has 1 N–H and O–H groups in total. The number of hydrogen-bond donors (Lipinski definition) is 1. The highest BCUT2D eigenvalue weighted by molar-refractivity contribution is 5.77. The van der Waals surface area contributed by atoms with E-state index in [9.17, 15) is 9.59 Å². The van der Waals surface area contributed by atoms with Crippen molar-refractivity contribution in [3.05, 3.63) is 12.7 Å². The number of carbonyl (C=O) groups is 2. The number of aliphatic carboxylic acids is 1. The summed E-state index contributed by atoms with van der Waals surface area (Å²) < 4.78 is 5.28. The number of nitrogens with zero attached hydrogens (tertiary/aromatic N) is 2. The Morgan fingerprint density at radius 2 is 2.21 bits per heavy atom. The number of carboxylic acids is 1. The molecule has 6 nitrogen and oxygen atoms in total. The molecule has 0 spiro atoms. The van der Waals surface area contributed by atoms with Crippen molar-refractivity contribution in [2.24, 2.45) is 0 Å². The first-order valence-corrected chi connectivity index (χ1v) is 6.61. The van der Waals surface area contributed by atoms with E-state index in [0.29, 0.717) is 32.3 Å². The first-order valence-electron chi connectivity index (χ1n) is 6.61. The lowest BCUT2D eigenvalue weighted by atomic mass is 10.1. The Balaban J connectivity index is 2.04. The van der Waals surface area contributed by atoms with Crippen LogP contribution in [0.15, 0.2) is 12.7 Å². The van der Waals surface area contributed by atoms with Crippen LogP contribution in [0.4, 0.5) is 4.79 Å². The third kappa shape index (κ3) is 3.47. The van der Waals surface area contributed by atoms with Crippen LogP contribution < -0.4 is 0 Å². The summed E-state index contributed by atoms with van der Waals surface area (Å²) in [6.07, 6.45) is 3.68. The number of urea groups is 1. The number of hydrogen-bond acceptors (Lipinski definition) is 3. The smallest absolute Gasteiger partial charge is 0.320 e. The minimum Gasteiger partial charge on any atom is -0.481 e. The van der Waals surface area contributed by atoms with Gasteiger partial charge in [0.25, 0.3) is 0 Å². The molecule has 1 aliphatic heterocycles. The molecule has 1 saturated heterocycles. The van der Waals surface area contributed by atoms with Gasteiger partial charge in [-0.3, -0.25) is 4.79 Å². The van der Waals surface area contributed by atoms with Crippen molar-refractivity contribution in [2.75, 3.05) is 26.3 Å². The van der Waals surface area contributed by atoms with E-state index >= 15 is 0 Å². The van der Waals surface area contributed by atoms with Crippen LogP contribution in [-0.2, 0) is 9.53 Å². The van der Waals surface area contributed by atoms with E-state index in [-0.39, 0.29) is 18.5 Å². The van der Waals surface area contributed by atoms with Gasteiger partial charge in [-0.2, -0.15) is 0 Å².